The van der Waals surface area contributed by atoms with Crippen LogP contribution >= 0.6 is 0 Å². The molecule has 0 spiro atoms. The Labute approximate surface area is 86.5 Å². The summed E-state index contributed by atoms with van der Waals surface area (Å²) < 4.78 is 9.87. The molecule has 1 aliphatic heterocycles. The summed E-state index contributed by atoms with van der Waals surface area (Å²) in [6.45, 7) is -2.11. The van der Waals surface area contributed by atoms with E-state index < -0.39 is 43.4 Å². The van der Waals surface area contributed by atoms with Gasteiger partial charge in [-0.2, -0.15) is 0 Å². The number of hydrogen-bond acceptors (Lipinski definition) is 7. The van der Waals surface area contributed by atoms with Crippen LogP contribution in [0.2, 0.25) is 0 Å². The molecule has 0 aliphatic carbocycles. The molecule has 1 rings (SSSR count). The SMILES string of the molecule is CO[C@@]1(CO)OC(CO)(CO)[C@@H](O)[C@H]1O. The molecule has 15 heavy (non-hydrogen) atoms. The molecule has 0 saturated carbocycles. The van der Waals surface area contributed by atoms with E-state index in [1.807, 2.05) is 0 Å². The van der Waals surface area contributed by atoms with Crippen molar-refractivity contribution in [3.05, 3.63) is 0 Å². The maximum Gasteiger partial charge on any atom is 0.221 e. The number of methoxy groups -OCH3 is 1. The van der Waals surface area contributed by atoms with Gasteiger partial charge in [-0.3, -0.25) is 0 Å². The summed E-state index contributed by atoms with van der Waals surface area (Å²) in [4.78, 5) is 0. The number of ether oxygens (including phenoxy) is 2. The van der Waals surface area contributed by atoms with Crippen LogP contribution in [0.4, 0.5) is 0 Å². The van der Waals surface area contributed by atoms with Gasteiger partial charge in [-0.1, -0.05) is 0 Å². The Hall–Kier alpha value is -0.280. The van der Waals surface area contributed by atoms with Crippen LogP contribution in [0.15, 0.2) is 0 Å². The fraction of sp³-hybridized carbons (Fsp3) is 1.00. The third-order valence-corrected chi connectivity index (χ3v) is 2.77. The quantitative estimate of drug-likeness (QED) is 0.341. The topological polar surface area (TPSA) is 120 Å². The van der Waals surface area contributed by atoms with Crippen molar-refractivity contribution in [2.75, 3.05) is 26.9 Å². The van der Waals surface area contributed by atoms with Gasteiger partial charge >= 0.3 is 0 Å². The predicted octanol–water partition coefficient (Wildman–Crippen LogP) is -3.20. The molecule has 1 saturated heterocycles. The first-order valence-corrected chi connectivity index (χ1v) is 4.46. The van der Waals surface area contributed by atoms with Crippen molar-refractivity contribution >= 4 is 0 Å². The zero-order valence-electron chi connectivity index (χ0n) is 8.33. The third-order valence-electron chi connectivity index (χ3n) is 2.77. The van der Waals surface area contributed by atoms with E-state index in [1.54, 1.807) is 0 Å². The molecule has 0 aromatic heterocycles. The van der Waals surface area contributed by atoms with Crippen LogP contribution in [0.5, 0.6) is 0 Å². The average Bonchev–Trinajstić information content (AvgIpc) is 2.51. The van der Waals surface area contributed by atoms with Crippen molar-refractivity contribution in [3.63, 3.8) is 0 Å². The molecule has 0 radical (unpaired) electrons. The van der Waals surface area contributed by atoms with Crippen LogP contribution in [0.3, 0.4) is 0 Å². The molecule has 7 heteroatoms. The fourth-order valence-corrected chi connectivity index (χ4v) is 1.65. The molecule has 90 valence electrons. The zero-order chi connectivity index (χ0) is 11.7. The maximum absolute atomic E-state index is 9.62. The Balaban J connectivity index is 3.01. The van der Waals surface area contributed by atoms with Gasteiger partial charge in [-0.15, -0.1) is 0 Å². The van der Waals surface area contributed by atoms with E-state index in [1.165, 1.54) is 7.11 Å². The van der Waals surface area contributed by atoms with Crippen molar-refractivity contribution < 1.29 is 35.0 Å². The molecular formula is C8H16O7. The van der Waals surface area contributed by atoms with Crippen molar-refractivity contribution in [2.45, 2.75) is 23.6 Å². The zero-order valence-corrected chi connectivity index (χ0v) is 8.33. The smallest absolute Gasteiger partial charge is 0.221 e. The lowest BCUT2D eigenvalue weighted by molar-refractivity contribution is -0.287. The number of hydrogen-bond donors (Lipinski definition) is 5. The molecule has 1 aliphatic rings. The molecule has 0 amide bonds. The molecule has 5 N–H and O–H groups in total. The molecule has 1 heterocycles. The van der Waals surface area contributed by atoms with Gasteiger partial charge < -0.3 is 35.0 Å². The molecule has 0 unspecified atom stereocenters. The Morgan fingerprint density at radius 3 is 1.80 bits per heavy atom. The van der Waals surface area contributed by atoms with Crippen LogP contribution in [-0.4, -0.2) is 76.1 Å². The van der Waals surface area contributed by atoms with Crippen molar-refractivity contribution in [1.29, 1.82) is 0 Å². The van der Waals surface area contributed by atoms with Gasteiger partial charge in [-0.25, -0.2) is 0 Å². The summed E-state index contributed by atoms with van der Waals surface area (Å²) in [5.74, 6) is -1.81. The summed E-state index contributed by atoms with van der Waals surface area (Å²) in [5.41, 5.74) is -1.72. The molecule has 0 aromatic carbocycles. The highest BCUT2D eigenvalue weighted by molar-refractivity contribution is 5.05. The monoisotopic (exact) mass is 224 g/mol. The molecular weight excluding hydrogens is 208 g/mol. The minimum atomic E-state index is -1.81. The maximum atomic E-state index is 9.62. The Morgan fingerprint density at radius 1 is 1.07 bits per heavy atom. The first-order valence-electron chi connectivity index (χ1n) is 4.46. The third kappa shape index (κ3) is 1.66. The van der Waals surface area contributed by atoms with E-state index in [0.29, 0.717) is 0 Å². The summed E-state index contributed by atoms with van der Waals surface area (Å²) >= 11 is 0. The number of rotatable bonds is 4. The van der Waals surface area contributed by atoms with Crippen molar-refractivity contribution in [3.8, 4) is 0 Å². The Bertz CT molecular complexity index is 189. The normalized spacial score (nSPS) is 39.6. The largest absolute Gasteiger partial charge is 0.393 e. The Kier molecular flexibility index (Phi) is 3.67. The van der Waals surface area contributed by atoms with Crippen molar-refractivity contribution in [1.82, 2.24) is 0 Å². The summed E-state index contributed by atoms with van der Waals surface area (Å²) in [5, 5.41) is 46.4. The molecule has 0 aromatic rings. The second-order valence-electron chi connectivity index (χ2n) is 3.55. The van der Waals surface area contributed by atoms with E-state index in [4.69, 9.17) is 24.8 Å². The minimum absolute atomic E-state index is 0.702. The second-order valence-corrected chi connectivity index (χ2v) is 3.55. The van der Waals surface area contributed by atoms with Gasteiger partial charge in [0.15, 0.2) is 0 Å². The standard InChI is InChI=1S/C8H16O7/c1-14-8(4-11)6(13)5(12)7(2-9,3-10)15-8/h5-6,9-13H,2-4H2,1H3/t5-,6+,8-/m0/s1. The fourth-order valence-electron chi connectivity index (χ4n) is 1.65. The van der Waals surface area contributed by atoms with Gasteiger partial charge in [0.25, 0.3) is 0 Å². The van der Waals surface area contributed by atoms with Crippen LogP contribution in [0.25, 0.3) is 0 Å². The highest BCUT2D eigenvalue weighted by atomic mass is 16.7. The first-order chi connectivity index (χ1) is 7.02. The lowest BCUT2D eigenvalue weighted by Gasteiger charge is -2.30. The van der Waals surface area contributed by atoms with Gasteiger partial charge in [-0.05, 0) is 0 Å². The summed E-state index contributed by atoms with van der Waals surface area (Å²) in [7, 11) is 1.18. The van der Waals surface area contributed by atoms with Gasteiger partial charge in [0.2, 0.25) is 5.79 Å². The van der Waals surface area contributed by atoms with Gasteiger partial charge in [0.05, 0.1) is 13.2 Å². The van der Waals surface area contributed by atoms with Gasteiger partial charge in [0, 0.05) is 7.11 Å². The lowest BCUT2D eigenvalue weighted by Crippen LogP contribution is -2.49. The summed E-state index contributed by atoms with van der Waals surface area (Å²) in [6, 6.07) is 0. The van der Waals surface area contributed by atoms with Crippen LogP contribution in [0, 0.1) is 0 Å². The molecule has 3 atom stereocenters. The minimum Gasteiger partial charge on any atom is -0.393 e. The second kappa shape index (κ2) is 4.30. The van der Waals surface area contributed by atoms with E-state index in [2.05, 4.69) is 0 Å². The van der Waals surface area contributed by atoms with E-state index in [0.717, 1.165) is 0 Å². The number of aliphatic hydroxyl groups excluding tert-OH is 5. The lowest BCUT2D eigenvalue weighted by atomic mass is 9.95. The average molecular weight is 224 g/mol. The molecule has 7 nitrogen and oxygen atoms in total. The van der Waals surface area contributed by atoms with Crippen molar-refractivity contribution in [2.24, 2.45) is 0 Å². The van der Waals surface area contributed by atoms with Crippen LogP contribution in [0.1, 0.15) is 0 Å². The van der Waals surface area contributed by atoms with E-state index in [9.17, 15) is 10.2 Å². The van der Waals surface area contributed by atoms with E-state index in [-0.39, 0.29) is 0 Å². The van der Waals surface area contributed by atoms with Crippen LogP contribution in [-0.2, 0) is 9.47 Å². The first kappa shape index (κ1) is 12.8. The highest BCUT2D eigenvalue weighted by Crippen LogP contribution is 2.38. The molecule has 0 bridgehead atoms. The van der Waals surface area contributed by atoms with E-state index >= 15 is 0 Å². The Morgan fingerprint density at radius 2 is 1.60 bits per heavy atom. The highest BCUT2D eigenvalue weighted by Gasteiger charge is 2.62. The number of aliphatic hydroxyl groups is 5. The molecule has 1 fully saturated rings. The predicted molar refractivity (Wildman–Crippen MR) is 46.8 cm³/mol. The summed E-state index contributed by atoms with van der Waals surface area (Å²) in [6.07, 6.45) is -3.09. The van der Waals surface area contributed by atoms with Gasteiger partial charge in [0.1, 0.15) is 24.4 Å². The van der Waals surface area contributed by atoms with Crippen LogP contribution < -0.4 is 0 Å².